The third kappa shape index (κ3) is 1.40. The fourth-order valence-corrected chi connectivity index (χ4v) is 0.803. The fourth-order valence-electron chi connectivity index (χ4n) is 0.803. The van der Waals surface area contributed by atoms with Gasteiger partial charge in [0.25, 0.3) is 0 Å². The highest BCUT2D eigenvalue weighted by Gasteiger charge is 2.06. The molecule has 4 heteroatoms. The molecule has 0 unspecified atom stereocenters. The molecule has 0 atom stereocenters. The van der Waals surface area contributed by atoms with Gasteiger partial charge in [0.15, 0.2) is 0 Å². The van der Waals surface area contributed by atoms with E-state index in [2.05, 4.69) is 0 Å². The molecule has 0 heterocycles. The van der Waals surface area contributed by atoms with Crippen molar-refractivity contribution in [3.05, 3.63) is 29.8 Å². The van der Waals surface area contributed by atoms with Crippen LogP contribution in [-0.2, 0) is 0 Å². The lowest BCUT2D eigenvalue weighted by atomic mass is 10.2. The third-order valence-corrected chi connectivity index (χ3v) is 1.37. The van der Waals surface area contributed by atoms with Crippen molar-refractivity contribution in [2.24, 2.45) is 5.73 Å². The Kier molecular flexibility index (Phi) is 1.96. The van der Waals surface area contributed by atoms with E-state index in [9.17, 15) is 0 Å². The highest BCUT2D eigenvalue weighted by atomic mass is 16.4. The second kappa shape index (κ2) is 2.92. The minimum atomic E-state index is 0.156. The number of anilines is 1. The zero-order valence-electron chi connectivity index (χ0n) is 5.91. The Morgan fingerprint density at radius 1 is 1.36 bits per heavy atom. The molecular weight excluding hydrogens is 142 g/mol. The van der Waals surface area contributed by atoms with Crippen molar-refractivity contribution < 1.29 is 10.4 Å². The zero-order chi connectivity index (χ0) is 8.27. The first-order chi connectivity index (χ1) is 5.25. The zero-order valence-corrected chi connectivity index (χ0v) is 5.91. The Morgan fingerprint density at radius 2 is 2.00 bits per heavy atom. The first kappa shape index (κ1) is 7.40. The van der Waals surface area contributed by atoms with E-state index in [-0.39, 0.29) is 5.84 Å². The van der Waals surface area contributed by atoms with Crippen molar-refractivity contribution in [1.82, 2.24) is 0 Å². The van der Waals surface area contributed by atoms with Gasteiger partial charge in [0, 0.05) is 5.69 Å². The molecule has 0 fully saturated rings. The van der Waals surface area contributed by atoms with Gasteiger partial charge in [0.2, 0.25) is 0 Å². The highest BCUT2D eigenvalue weighted by Crippen LogP contribution is 2.07. The lowest BCUT2D eigenvalue weighted by Crippen LogP contribution is -2.71. The lowest BCUT2D eigenvalue weighted by Gasteiger charge is -1.96. The molecule has 0 bridgehead atoms. The number of hydrogen-bond acceptors (Lipinski definition) is 2. The highest BCUT2D eigenvalue weighted by molar-refractivity contribution is 5.97. The van der Waals surface area contributed by atoms with Crippen LogP contribution in [-0.4, -0.2) is 11.0 Å². The number of nitrogen functional groups attached to an aromatic ring is 2. The van der Waals surface area contributed by atoms with E-state index >= 15 is 0 Å². The van der Waals surface area contributed by atoms with E-state index < -0.39 is 0 Å². The van der Waals surface area contributed by atoms with Crippen LogP contribution in [0.2, 0.25) is 0 Å². The molecule has 0 spiro atoms. The predicted molar refractivity (Wildman–Crippen MR) is 41.9 cm³/mol. The molecule has 0 amide bonds. The summed E-state index contributed by atoms with van der Waals surface area (Å²) in [5.41, 5.74) is 12.1. The minimum Gasteiger partial charge on any atom is -0.398 e. The van der Waals surface area contributed by atoms with Gasteiger partial charge in [-0.3, -0.25) is 5.73 Å². The summed E-state index contributed by atoms with van der Waals surface area (Å²) in [5.74, 6) is 0.156. The maximum absolute atomic E-state index is 8.45. The Bertz CT molecular complexity index is 283. The molecule has 0 aliphatic rings. The van der Waals surface area contributed by atoms with Crippen LogP contribution < -0.4 is 16.6 Å². The van der Waals surface area contributed by atoms with Crippen LogP contribution in [0.25, 0.3) is 0 Å². The van der Waals surface area contributed by atoms with Crippen LogP contribution in [0, 0.1) is 0 Å². The number of rotatable bonds is 1. The number of nitrogens with one attached hydrogen (secondary N) is 1. The molecule has 0 radical (unpaired) electrons. The minimum absolute atomic E-state index is 0.156. The molecule has 0 aliphatic carbocycles. The van der Waals surface area contributed by atoms with Crippen LogP contribution in [0.5, 0.6) is 0 Å². The summed E-state index contributed by atoms with van der Waals surface area (Å²) in [6.07, 6.45) is 0. The van der Waals surface area contributed by atoms with Gasteiger partial charge >= 0.3 is 5.84 Å². The van der Waals surface area contributed by atoms with Crippen LogP contribution in [0.15, 0.2) is 24.3 Å². The number of amidine groups is 1. The molecule has 0 aliphatic heterocycles. The SMILES string of the molecule is NC(=[NH+]O)c1ccccc1N. The molecule has 0 aromatic heterocycles. The number of hydrogen-bond donors (Lipinski definition) is 4. The molecule has 1 rings (SSSR count). The van der Waals surface area contributed by atoms with E-state index in [0.717, 1.165) is 0 Å². The van der Waals surface area contributed by atoms with Crippen molar-refractivity contribution in [2.75, 3.05) is 5.73 Å². The van der Waals surface area contributed by atoms with Gasteiger partial charge < -0.3 is 10.9 Å². The van der Waals surface area contributed by atoms with E-state index in [4.69, 9.17) is 16.7 Å². The molecule has 58 valence electrons. The summed E-state index contributed by atoms with van der Waals surface area (Å²) in [4.78, 5) is 0. The Hall–Kier alpha value is -1.71. The monoisotopic (exact) mass is 152 g/mol. The largest absolute Gasteiger partial charge is 0.398 e. The first-order valence-corrected chi connectivity index (χ1v) is 3.13. The Labute approximate surface area is 64.1 Å². The van der Waals surface area contributed by atoms with Crippen molar-refractivity contribution in [2.45, 2.75) is 0 Å². The van der Waals surface area contributed by atoms with Gasteiger partial charge in [-0.05, 0) is 12.1 Å². The summed E-state index contributed by atoms with van der Waals surface area (Å²) in [6.45, 7) is 0. The van der Waals surface area contributed by atoms with Crippen LogP contribution >= 0.6 is 0 Å². The smallest absolute Gasteiger partial charge is 0.313 e. The molecule has 6 N–H and O–H groups in total. The van der Waals surface area contributed by atoms with Crippen molar-refractivity contribution in [1.29, 1.82) is 0 Å². The van der Waals surface area contributed by atoms with E-state index in [1.165, 1.54) is 0 Å². The standard InChI is InChI=1S/C7H9N3O/c8-6-4-2-1-3-5(6)7(9)10-11/h1-4,11H,8H2,(H2,9,10)/p+1. The first-order valence-electron chi connectivity index (χ1n) is 3.13. The second-order valence-electron chi connectivity index (χ2n) is 2.11. The van der Waals surface area contributed by atoms with Gasteiger partial charge in [0.05, 0.1) is 5.56 Å². The fraction of sp³-hybridized carbons (Fsp3) is 0. The molecular formula is C7H10N3O+. The van der Waals surface area contributed by atoms with Gasteiger partial charge in [-0.1, -0.05) is 17.3 Å². The number of nitrogens with two attached hydrogens (primary N) is 2. The van der Waals surface area contributed by atoms with Crippen molar-refractivity contribution in [3.8, 4) is 0 Å². The van der Waals surface area contributed by atoms with E-state index in [1.54, 1.807) is 24.3 Å². The summed E-state index contributed by atoms with van der Waals surface area (Å²) in [5, 5.41) is 10.3. The van der Waals surface area contributed by atoms with Gasteiger partial charge in [0.1, 0.15) is 0 Å². The Balaban J connectivity index is 3.14. The lowest BCUT2D eigenvalue weighted by molar-refractivity contribution is -0.737. The van der Waals surface area contributed by atoms with E-state index in [1.807, 2.05) is 5.16 Å². The van der Waals surface area contributed by atoms with Crippen LogP contribution in [0.1, 0.15) is 5.56 Å². The molecule has 1 aromatic rings. The quantitative estimate of drug-likeness (QED) is 0.129. The van der Waals surface area contributed by atoms with Gasteiger partial charge in [-0.25, -0.2) is 0 Å². The van der Waals surface area contributed by atoms with Gasteiger partial charge in [-0.15, -0.1) is 0 Å². The number of para-hydroxylation sites is 1. The average molecular weight is 152 g/mol. The van der Waals surface area contributed by atoms with Gasteiger partial charge in [-0.2, -0.15) is 0 Å². The normalized spacial score (nSPS) is 11.5. The molecule has 1 aromatic carbocycles. The van der Waals surface area contributed by atoms with Crippen molar-refractivity contribution >= 4 is 11.5 Å². The molecule has 0 saturated heterocycles. The number of benzene rings is 1. The average Bonchev–Trinajstić information content (AvgIpc) is 2.04. The summed E-state index contributed by atoms with van der Waals surface area (Å²) in [7, 11) is 0. The van der Waals surface area contributed by atoms with Crippen LogP contribution in [0.4, 0.5) is 5.69 Å². The maximum Gasteiger partial charge on any atom is 0.313 e. The molecule has 0 saturated carbocycles. The summed E-state index contributed by atoms with van der Waals surface area (Å²) in [6, 6.07) is 7.01. The topological polar surface area (TPSA) is 86.2 Å². The predicted octanol–water partition coefficient (Wildman–Crippen LogP) is -1.56. The van der Waals surface area contributed by atoms with Crippen molar-refractivity contribution in [3.63, 3.8) is 0 Å². The Morgan fingerprint density at radius 3 is 2.55 bits per heavy atom. The molecule has 4 nitrogen and oxygen atoms in total. The molecule has 11 heavy (non-hydrogen) atoms. The van der Waals surface area contributed by atoms with Crippen LogP contribution in [0.3, 0.4) is 0 Å². The third-order valence-electron chi connectivity index (χ3n) is 1.37. The maximum atomic E-state index is 8.45. The second-order valence-corrected chi connectivity index (χ2v) is 2.11. The summed E-state index contributed by atoms with van der Waals surface area (Å²) < 4.78 is 0. The summed E-state index contributed by atoms with van der Waals surface area (Å²) >= 11 is 0. The van der Waals surface area contributed by atoms with E-state index in [0.29, 0.717) is 11.3 Å².